The Bertz CT molecular complexity index is 359. The molecule has 0 unspecified atom stereocenters. The molecule has 0 bridgehead atoms. The lowest BCUT2D eigenvalue weighted by atomic mass is 10.0. The summed E-state index contributed by atoms with van der Waals surface area (Å²) in [6, 6.07) is 2.88. The zero-order valence-corrected chi connectivity index (χ0v) is 8.56. The van der Waals surface area contributed by atoms with Crippen LogP contribution in [0.2, 0.25) is 0 Å². The van der Waals surface area contributed by atoms with Gasteiger partial charge in [-0.25, -0.2) is 9.18 Å². The first kappa shape index (κ1) is 10.7. The van der Waals surface area contributed by atoms with Crippen LogP contribution < -0.4 is 0 Å². The molecule has 0 N–H and O–H groups in total. The molecular formula is C11H13FO2. The maximum Gasteiger partial charge on any atom is 0.337 e. The third kappa shape index (κ3) is 1.92. The Morgan fingerprint density at radius 2 is 2.14 bits per heavy atom. The number of methoxy groups -OCH3 is 1. The van der Waals surface area contributed by atoms with Crippen LogP contribution in [-0.2, 0) is 11.2 Å². The van der Waals surface area contributed by atoms with Crippen LogP contribution in [0.25, 0.3) is 0 Å². The van der Waals surface area contributed by atoms with Gasteiger partial charge >= 0.3 is 5.97 Å². The van der Waals surface area contributed by atoms with Crippen LogP contribution in [0.5, 0.6) is 0 Å². The smallest absolute Gasteiger partial charge is 0.337 e. The van der Waals surface area contributed by atoms with Crippen molar-refractivity contribution in [3.8, 4) is 0 Å². The minimum absolute atomic E-state index is 0.271. The van der Waals surface area contributed by atoms with Crippen LogP contribution >= 0.6 is 0 Å². The lowest BCUT2D eigenvalue weighted by molar-refractivity contribution is 0.0600. The second-order valence-electron chi connectivity index (χ2n) is 3.09. The van der Waals surface area contributed by atoms with Gasteiger partial charge in [-0.15, -0.1) is 0 Å². The van der Waals surface area contributed by atoms with Gasteiger partial charge in [0.15, 0.2) is 0 Å². The van der Waals surface area contributed by atoms with Crippen LogP contribution in [0.3, 0.4) is 0 Å². The molecular weight excluding hydrogens is 183 g/mol. The molecule has 0 atom stereocenters. The number of ether oxygens (including phenoxy) is 1. The van der Waals surface area contributed by atoms with Crippen LogP contribution in [0.1, 0.15) is 28.4 Å². The van der Waals surface area contributed by atoms with E-state index in [2.05, 4.69) is 4.74 Å². The minimum atomic E-state index is -0.501. The zero-order chi connectivity index (χ0) is 10.7. The van der Waals surface area contributed by atoms with E-state index in [4.69, 9.17) is 0 Å². The number of halogens is 1. The molecule has 0 aliphatic heterocycles. The summed E-state index contributed by atoms with van der Waals surface area (Å²) in [5.74, 6) is -0.858. The molecule has 0 saturated heterocycles. The highest BCUT2D eigenvalue weighted by atomic mass is 19.1. The van der Waals surface area contributed by atoms with Crippen LogP contribution in [0.15, 0.2) is 12.1 Å². The van der Waals surface area contributed by atoms with E-state index in [9.17, 15) is 9.18 Å². The van der Waals surface area contributed by atoms with Gasteiger partial charge < -0.3 is 4.74 Å². The Balaban J connectivity index is 3.22. The monoisotopic (exact) mass is 196 g/mol. The molecule has 14 heavy (non-hydrogen) atoms. The summed E-state index contributed by atoms with van der Waals surface area (Å²) in [4.78, 5) is 11.2. The normalized spacial score (nSPS) is 10.0. The topological polar surface area (TPSA) is 26.3 Å². The first-order valence-electron chi connectivity index (χ1n) is 4.47. The van der Waals surface area contributed by atoms with Gasteiger partial charge in [0.2, 0.25) is 0 Å². The fraction of sp³-hybridized carbons (Fsp3) is 0.364. The van der Waals surface area contributed by atoms with Crippen molar-refractivity contribution in [3.63, 3.8) is 0 Å². The van der Waals surface area contributed by atoms with Crippen molar-refractivity contribution in [1.82, 2.24) is 0 Å². The quantitative estimate of drug-likeness (QED) is 0.679. The average molecular weight is 196 g/mol. The number of rotatable bonds is 2. The van der Waals surface area contributed by atoms with Gasteiger partial charge in [0.25, 0.3) is 0 Å². The highest BCUT2D eigenvalue weighted by molar-refractivity contribution is 5.89. The molecule has 0 aliphatic carbocycles. The highest BCUT2D eigenvalue weighted by Gasteiger charge is 2.11. The SMILES string of the molecule is CCc1cc(C(=O)OC)cc(F)c1C. The van der Waals surface area contributed by atoms with E-state index < -0.39 is 5.97 Å². The number of hydrogen-bond acceptors (Lipinski definition) is 2. The Morgan fingerprint density at radius 3 is 2.64 bits per heavy atom. The molecule has 1 rings (SSSR count). The molecule has 76 valence electrons. The van der Waals surface area contributed by atoms with E-state index >= 15 is 0 Å². The third-order valence-corrected chi connectivity index (χ3v) is 2.25. The molecule has 0 radical (unpaired) electrons. The molecule has 1 aromatic rings. The minimum Gasteiger partial charge on any atom is -0.465 e. The van der Waals surface area contributed by atoms with Crippen LogP contribution in [0.4, 0.5) is 4.39 Å². The Morgan fingerprint density at radius 1 is 1.50 bits per heavy atom. The van der Waals surface area contributed by atoms with E-state index in [-0.39, 0.29) is 11.4 Å². The molecule has 0 aliphatic rings. The number of hydrogen-bond donors (Lipinski definition) is 0. The second-order valence-corrected chi connectivity index (χ2v) is 3.09. The van der Waals surface area contributed by atoms with Crippen molar-refractivity contribution in [1.29, 1.82) is 0 Å². The fourth-order valence-corrected chi connectivity index (χ4v) is 1.34. The third-order valence-electron chi connectivity index (χ3n) is 2.25. The van der Waals surface area contributed by atoms with Crippen molar-refractivity contribution < 1.29 is 13.9 Å². The van der Waals surface area contributed by atoms with Crippen LogP contribution in [0, 0.1) is 12.7 Å². The fourth-order valence-electron chi connectivity index (χ4n) is 1.34. The Kier molecular flexibility index (Phi) is 3.23. The molecule has 0 amide bonds. The standard InChI is InChI=1S/C11H13FO2/c1-4-8-5-9(11(13)14-3)6-10(12)7(8)2/h5-6H,4H2,1-3H3. The second kappa shape index (κ2) is 4.22. The maximum atomic E-state index is 13.3. The van der Waals surface area contributed by atoms with Gasteiger partial charge in [0.1, 0.15) is 5.82 Å². The van der Waals surface area contributed by atoms with Crippen LogP contribution in [-0.4, -0.2) is 13.1 Å². The van der Waals surface area contributed by atoms with Gasteiger partial charge in [-0.1, -0.05) is 6.92 Å². The Hall–Kier alpha value is -1.38. The number of benzene rings is 1. The van der Waals surface area contributed by atoms with E-state index in [0.717, 1.165) is 5.56 Å². The van der Waals surface area contributed by atoms with Crippen molar-refractivity contribution in [2.24, 2.45) is 0 Å². The van der Waals surface area contributed by atoms with E-state index in [1.807, 2.05) is 6.92 Å². The van der Waals surface area contributed by atoms with Crippen molar-refractivity contribution in [2.75, 3.05) is 7.11 Å². The summed E-state index contributed by atoms with van der Waals surface area (Å²) in [5.41, 5.74) is 1.71. The van der Waals surface area contributed by atoms with Gasteiger partial charge in [-0.2, -0.15) is 0 Å². The summed E-state index contributed by atoms with van der Waals surface area (Å²) >= 11 is 0. The Labute approximate surface area is 82.7 Å². The van der Waals surface area contributed by atoms with E-state index in [1.54, 1.807) is 13.0 Å². The summed E-state index contributed by atoms with van der Waals surface area (Å²) in [5, 5.41) is 0. The molecule has 0 fully saturated rings. The molecule has 0 heterocycles. The molecule has 0 aromatic heterocycles. The summed E-state index contributed by atoms with van der Waals surface area (Å²) < 4.78 is 17.8. The zero-order valence-electron chi connectivity index (χ0n) is 8.56. The van der Waals surface area contributed by atoms with Gasteiger partial charge in [0.05, 0.1) is 12.7 Å². The number of carbonyl (C=O) groups is 1. The van der Waals surface area contributed by atoms with Crippen molar-refractivity contribution >= 4 is 5.97 Å². The number of esters is 1. The number of carbonyl (C=O) groups excluding carboxylic acids is 1. The predicted molar refractivity (Wildman–Crippen MR) is 51.9 cm³/mol. The number of aryl methyl sites for hydroxylation is 1. The van der Waals surface area contributed by atoms with Gasteiger partial charge in [-0.3, -0.25) is 0 Å². The highest BCUT2D eigenvalue weighted by Crippen LogP contribution is 2.16. The molecule has 0 saturated carbocycles. The summed E-state index contributed by atoms with van der Waals surface area (Å²) in [7, 11) is 1.28. The maximum absolute atomic E-state index is 13.3. The van der Waals surface area contributed by atoms with Gasteiger partial charge in [-0.05, 0) is 36.6 Å². The molecule has 1 aromatic carbocycles. The summed E-state index contributed by atoms with van der Waals surface area (Å²) in [6.45, 7) is 3.62. The van der Waals surface area contributed by atoms with Gasteiger partial charge in [0, 0.05) is 0 Å². The first-order valence-corrected chi connectivity index (χ1v) is 4.47. The van der Waals surface area contributed by atoms with Crippen molar-refractivity contribution in [2.45, 2.75) is 20.3 Å². The average Bonchev–Trinajstić information content (AvgIpc) is 2.20. The largest absolute Gasteiger partial charge is 0.465 e. The molecule has 2 nitrogen and oxygen atoms in total. The molecule has 0 spiro atoms. The molecule has 3 heteroatoms. The van der Waals surface area contributed by atoms with E-state index in [1.165, 1.54) is 13.2 Å². The first-order chi connectivity index (χ1) is 6.60. The predicted octanol–water partition coefficient (Wildman–Crippen LogP) is 2.48. The van der Waals surface area contributed by atoms with E-state index in [0.29, 0.717) is 12.0 Å². The lowest BCUT2D eigenvalue weighted by Crippen LogP contribution is -2.04. The summed E-state index contributed by atoms with van der Waals surface area (Å²) in [6.07, 6.45) is 0.702. The lowest BCUT2D eigenvalue weighted by Gasteiger charge is -2.07. The van der Waals surface area contributed by atoms with Crippen molar-refractivity contribution in [3.05, 3.63) is 34.6 Å².